The van der Waals surface area contributed by atoms with E-state index in [0.717, 1.165) is 19.5 Å². The zero-order valence-corrected chi connectivity index (χ0v) is 12.0. The summed E-state index contributed by atoms with van der Waals surface area (Å²) in [5.74, 6) is 0. The first-order chi connectivity index (χ1) is 10.2. The van der Waals surface area contributed by atoms with E-state index >= 15 is 0 Å². The fourth-order valence-electron chi connectivity index (χ4n) is 2.90. The van der Waals surface area contributed by atoms with E-state index in [2.05, 4.69) is 29.2 Å². The lowest BCUT2D eigenvalue weighted by atomic mass is 10.00. The van der Waals surface area contributed by atoms with E-state index in [1.165, 1.54) is 17.2 Å². The van der Waals surface area contributed by atoms with Crippen LogP contribution in [0.4, 0.5) is 0 Å². The monoisotopic (exact) mass is 284 g/mol. The van der Waals surface area contributed by atoms with Gasteiger partial charge in [-0.1, -0.05) is 30.3 Å². The molecule has 1 aliphatic rings. The van der Waals surface area contributed by atoms with Crippen molar-refractivity contribution in [2.45, 2.75) is 25.6 Å². The van der Waals surface area contributed by atoms with Gasteiger partial charge in [0, 0.05) is 31.9 Å². The molecule has 0 spiro atoms. The van der Waals surface area contributed by atoms with Crippen LogP contribution in [0.3, 0.4) is 0 Å². The number of aliphatic hydroxyl groups is 1. The average molecular weight is 284 g/mol. The SMILES string of the molecule is O=c1ccccn1C[C@@H](O)CN1CCc2ccccc2C1. The lowest BCUT2D eigenvalue weighted by Crippen LogP contribution is -2.39. The summed E-state index contributed by atoms with van der Waals surface area (Å²) in [7, 11) is 0. The second kappa shape index (κ2) is 6.24. The Bertz CT molecular complexity index is 666. The van der Waals surface area contributed by atoms with E-state index in [0.29, 0.717) is 13.1 Å². The van der Waals surface area contributed by atoms with Crippen molar-refractivity contribution in [1.29, 1.82) is 0 Å². The number of fused-ring (bicyclic) bond motifs is 1. The molecule has 1 aromatic carbocycles. The number of pyridine rings is 1. The summed E-state index contributed by atoms with van der Waals surface area (Å²) in [6, 6.07) is 13.5. The lowest BCUT2D eigenvalue weighted by molar-refractivity contribution is 0.0910. The lowest BCUT2D eigenvalue weighted by Gasteiger charge is -2.30. The molecule has 0 unspecified atom stereocenters. The summed E-state index contributed by atoms with van der Waals surface area (Å²) >= 11 is 0. The van der Waals surface area contributed by atoms with Gasteiger partial charge in [-0.3, -0.25) is 9.69 Å². The van der Waals surface area contributed by atoms with Crippen LogP contribution in [-0.4, -0.2) is 33.8 Å². The number of aliphatic hydroxyl groups excluding tert-OH is 1. The maximum Gasteiger partial charge on any atom is 0.250 e. The van der Waals surface area contributed by atoms with Crippen LogP contribution in [0.2, 0.25) is 0 Å². The third-order valence-corrected chi connectivity index (χ3v) is 3.99. The topological polar surface area (TPSA) is 45.5 Å². The Labute approximate surface area is 124 Å². The van der Waals surface area contributed by atoms with E-state index in [-0.39, 0.29) is 5.56 Å². The molecular formula is C17H20N2O2. The Balaban J connectivity index is 1.60. The molecule has 1 aliphatic heterocycles. The largest absolute Gasteiger partial charge is 0.390 e. The molecule has 0 bridgehead atoms. The van der Waals surface area contributed by atoms with Gasteiger partial charge in [-0.05, 0) is 23.6 Å². The van der Waals surface area contributed by atoms with E-state index in [4.69, 9.17) is 0 Å². The predicted octanol–water partition coefficient (Wildman–Crippen LogP) is 1.27. The van der Waals surface area contributed by atoms with Crippen LogP contribution in [0.1, 0.15) is 11.1 Å². The van der Waals surface area contributed by atoms with Crippen LogP contribution in [0.5, 0.6) is 0 Å². The predicted molar refractivity (Wildman–Crippen MR) is 82.1 cm³/mol. The Hall–Kier alpha value is -1.91. The molecular weight excluding hydrogens is 264 g/mol. The van der Waals surface area contributed by atoms with Crippen molar-refractivity contribution < 1.29 is 5.11 Å². The van der Waals surface area contributed by atoms with Gasteiger partial charge in [-0.15, -0.1) is 0 Å². The quantitative estimate of drug-likeness (QED) is 0.919. The second-order valence-electron chi connectivity index (χ2n) is 5.60. The number of benzene rings is 1. The molecule has 110 valence electrons. The summed E-state index contributed by atoms with van der Waals surface area (Å²) in [4.78, 5) is 13.9. The van der Waals surface area contributed by atoms with E-state index in [1.807, 2.05) is 6.07 Å². The van der Waals surface area contributed by atoms with Gasteiger partial charge in [0.15, 0.2) is 0 Å². The van der Waals surface area contributed by atoms with Crippen molar-refractivity contribution in [1.82, 2.24) is 9.47 Å². The molecule has 0 saturated carbocycles. The minimum Gasteiger partial charge on any atom is -0.390 e. The maximum absolute atomic E-state index is 11.6. The third kappa shape index (κ3) is 3.40. The molecule has 2 heterocycles. The standard InChI is InChI=1S/C17H20N2O2/c20-16(13-19-9-4-3-7-17(19)21)12-18-10-8-14-5-1-2-6-15(14)11-18/h1-7,9,16,20H,8,10-13H2/t16-/m0/s1. The molecule has 0 aliphatic carbocycles. The zero-order valence-electron chi connectivity index (χ0n) is 12.0. The summed E-state index contributed by atoms with van der Waals surface area (Å²) in [5.41, 5.74) is 2.68. The van der Waals surface area contributed by atoms with Crippen LogP contribution in [-0.2, 0) is 19.5 Å². The number of nitrogens with zero attached hydrogens (tertiary/aromatic N) is 2. The first-order valence-electron chi connectivity index (χ1n) is 7.35. The Morgan fingerprint density at radius 2 is 1.81 bits per heavy atom. The molecule has 1 N–H and O–H groups in total. The first kappa shape index (κ1) is 14.0. The van der Waals surface area contributed by atoms with Crippen molar-refractivity contribution in [2.75, 3.05) is 13.1 Å². The molecule has 3 rings (SSSR count). The number of aromatic nitrogens is 1. The van der Waals surface area contributed by atoms with Crippen LogP contribution >= 0.6 is 0 Å². The number of hydrogen-bond donors (Lipinski definition) is 1. The fourth-order valence-corrected chi connectivity index (χ4v) is 2.90. The number of rotatable bonds is 4. The van der Waals surface area contributed by atoms with Gasteiger partial charge in [-0.2, -0.15) is 0 Å². The number of hydrogen-bond acceptors (Lipinski definition) is 3. The molecule has 0 saturated heterocycles. The minimum atomic E-state index is -0.532. The van der Waals surface area contributed by atoms with Gasteiger partial charge in [0.1, 0.15) is 0 Å². The van der Waals surface area contributed by atoms with Crippen LogP contribution < -0.4 is 5.56 Å². The number of β-amino-alcohol motifs (C(OH)–C–C–N with tert-alkyl or cyclic N) is 1. The van der Waals surface area contributed by atoms with Gasteiger partial charge < -0.3 is 9.67 Å². The van der Waals surface area contributed by atoms with Crippen molar-refractivity contribution in [3.63, 3.8) is 0 Å². The van der Waals surface area contributed by atoms with Gasteiger partial charge in [0.25, 0.3) is 5.56 Å². The molecule has 0 radical (unpaired) electrons. The highest BCUT2D eigenvalue weighted by molar-refractivity contribution is 5.29. The maximum atomic E-state index is 11.6. The average Bonchev–Trinajstić information content (AvgIpc) is 2.49. The summed E-state index contributed by atoms with van der Waals surface area (Å²) in [6.45, 7) is 2.77. The Morgan fingerprint density at radius 1 is 1.05 bits per heavy atom. The first-order valence-corrected chi connectivity index (χ1v) is 7.35. The molecule has 1 atom stereocenters. The van der Waals surface area contributed by atoms with Gasteiger partial charge in [0.2, 0.25) is 0 Å². The van der Waals surface area contributed by atoms with Crippen molar-refractivity contribution in [2.24, 2.45) is 0 Å². The normalized spacial score (nSPS) is 16.4. The fraction of sp³-hybridized carbons (Fsp3) is 0.353. The van der Waals surface area contributed by atoms with Gasteiger partial charge in [-0.25, -0.2) is 0 Å². The van der Waals surface area contributed by atoms with Crippen LogP contribution in [0.25, 0.3) is 0 Å². The molecule has 4 heteroatoms. The van der Waals surface area contributed by atoms with Crippen molar-refractivity contribution >= 4 is 0 Å². The highest BCUT2D eigenvalue weighted by Crippen LogP contribution is 2.18. The van der Waals surface area contributed by atoms with E-state index in [1.54, 1.807) is 16.8 Å². The van der Waals surface area contributed by atoms with Gasteiger partial charge >= 0.3 is 0 Å². The highest BCUT2D eigenvalue weighted by Gasteiger charge is 2.18. The Kier molecular flexibility index (Phi) is 4.18. The van der Waals surface area contributed by atoms with E-state index in [9.17, 15) is 9.90 Å². The van der Waals surface area contributed by atoms with E-state index < -0.39 is 6.10 Å². The zero-order chi connectivity index (χ0) is 14.7. The van der Waals surface area contributed by atoms with Crippen LogP contribution in [0.15, 0.2) is 53.5 Å². The molecule has 4 nitrogen and oxygen atoms in total. The van der Waals surface area contributed by atoms with Crippen LogP contribution in [0, 0.1) is 0 Å². The smallest absolute Gasteiger partial charge is 0.250 e. The van der Waals surface area contributed by atoms with Gasteiger partial charge in [0.05, 0.1) is 12.6 Å². The molecule has 1 aromatic heterocycles. The Morgan fingerprint density at radius 3 is 2.62 bits per heavy atom. The van der Waals surface area contributed by atoms with Crippen molar-refractivity contribution in [3.05, 3.63) is 70.1 Å². The molecule has 0 fully saturated rings. The summed E-state index contributed by atoms with van der Waals surface area (Å²) in [6.07, 6.45) is 2.21. The molecule has 21 heavy (non-hydrogen) atoms. The van der Waals surface area contributed by atoms with Crippen molar-refractivity contribution in [3.8, 4) is 0 Å². The summed E-state index contributed by atoms with van der Waals surface area (Å²) in [5, 5.41) is 10.2. The molecule has 0 amide bonds. The minimum absolute atomic E-state index is 0.0689. The third-order valence-electron chi connectivity index (χ3n) is 3.99. The second-order valence-corrected chi connectivity index (χ2v) is 5.60. The summed E-state index contributed by atoms with van der Waals surface area (Å²) < 4.78 is 1.56. The highest BCUT2D eigenvalue weighted by atomic mass is 16.3. The molecule has 2 aromatic rings.